The van der Waals surface area contributed by atoms with Gasteiger partial charge in [-0.25, -0.2) is 0 Å². The molecule has 0 spiro atoms. The van der Waals surface area contributed by atoms with Crippen LogP contribution in [0.3, 0.4) is 0 Å². The van der Waals surface area contributed by atoms with Crippen LogP contribution < -0.4 is 16.8 Å². The Bertz CT molecular complexity index is 805. The number of nitrogens with one attached hydrogen (secondary N) is 2. The van der Waals surface area contributed by atoms with Crippen LogP contribution in [0, 0.1) is 0 Å². The second-order valence-electron chi connectivity index (χ2n) is 7.04. The maximum atomic E-state index is 13.0. The van der Waals surface area contributed by atoms with Crippen molar-refractivity contribution in [2.75, 3.05) is 18.0 Å². The molecule has 1 aromatic heterocycles. The first kappa shape index (κ1) is 18.8. The molecule has 1 fully saturated rings. The average molecular weight is 370 g/mol. The van der Waals surface area contributed by atoms with Crippen molar-refractivity contribution in [3.63, 3.8) is 0 Å². The number of benzene rings is 1. The Morgan fingerprint density at radius 1 is 1.30 bits per heavy atom. The van der Waals surface area contributed by atoms with Crippen molar-refractivity contribution in [1.29, 1.82) is 0 Å². The smallest absolute Gasteiger partial charge is 0.256 e. The number of hydrogen-bond acceptors (Lipinski definition) is 5. The summed E-state index contributed by atoms with van der Waals surface area (Å²) in [5.41, 5.74) is 13.9. The van der Waals surface area contributed by atoms with Gasteiger partial charge >= 0.3 is 0 Å². The van der Waals surface area contributed by atoms with Gasteiger partial charge in [-0.2, -0.15) is 5.10 Å². The summed E-state index contributed by atoms with van der Waals surface area (Å²) in [5.74, 6) is -0.177. The van der Waals surface area contributed by atoms with E-state index in [1.165, 1.54) is 0 Å². The third-order valence-corrected chi connectivity index (χ3v) is 5.06. The van der Waals surface area contributed by atoms with Crippen molar-refractivity contribution in [3.8, 4) is 0 Å². The number of aromatic amines is 1. The molecule has 1 aliphatic rings. The van der Waals surface area contributed by atoms with E-state index in [-0.39, 0.29) is 23.9 Å². The number of nitrogens with two attached hydrogens (primary N) is 2. The predicted octanol–water partition coefficient (Wildman–Crippen LogP) is 1.32. The number of aromatic nitrogens is 2. The van der Waals surface area contributed by atoms with Crippen LogP contribution >= 0.6 is 0 Å². The molecule has 8 heteroatoms. The van der Waals surface area contributed by atoms with E-state index >= 15 is 0 Å². The van der Waals surface area contributed by atoms with Gasteiger partial charge in [-0.3, -0.25) is 14.7 Å². The molecular formula is C19H26N6O2. The summed E-state index contributed by atoms with van der Waals surface area (Å²) in [6.07, 6.45) is 4.32. The van der Waals surface area contributed by atoms with Gasteiger partial charge < -0.3 is 21.7 Å². The molecule has 3 rings (SSSR count). The summed E-state index contributed by atoms with van der Waals surface area (Å²) in [5, 5.41) is 9.76. The SMILES string of the molecule is CC1CCC(NC(=O)CCc2ccn[nH]2)CN1C(=O)c1cccc(N)c1N. The minimum absolute atomic E-state index is 0.0278. The number of carbonyl (C=O) groups is 2. The highest BCUT2D eigenvalue weighted by atomic mass is 16.2. The maximum absolute atomic E-state index is 13.0. The molecule has 2 amide bonds. The Morgan fingerprint density at radius 3 is 2.85 bits per heavy atom. The number of hydrogen-bond donors (Lipinski definition) is 4. The minimum atomic E-state index is -0.149. The molecule has 2 heterocycles. The van der Waals surface area contributed by atoms with E-state index in [2.05, 4.69) is 15.5 Å². The lowest BCUT2D eigenvalue weighted by atomic mass is 9.97. The largest absolute Gasteiger partial charge is 0.397 e. The van der Waals surface area contributed by atoms with Crippen molar-refractivity contribution >= 4 is 23.2 Å². The molecule has 144 valence electrons. The number of anilines is 2. The van der Waals surface area contributed by atoms with Gasteiger partial charge in [0.05, 0.1) is 16.9 Å². The molecular weight excluding hydrogens is 344 g/mol. The number of H-pyrrole nitrogens is 1. The number of nitrogen functional groups attached to an aromatic ring is 2. The monoisotopic (exact) mass is 370 g/mol. The molecule has 2 unspecified atom stereocenters. The van der Waals surface area contributed by atoms with Gasteiger partial charge in [0.15, 0.2) is 0 Å². The zero-order valence-electron chi connectivity index (χ0n) is 15.4. The second kappa shape index (κ2) is 8.11. The Balaban J connectivity index is 1.61. The number of rotatable bonds is 5. The number of amides is 2. The van der Waals surface area contributed by atoms with E-state index in [0.717, 1.165) is 18.5 Å². The van der Waals surface area contributed by atoms with Gasteiger partial charge in [0.25, 0.3) is 5.91 Å². The molecule has 27 heavy (non-hydrogen) atoms. The van der Waals surface area contributed by atoms with E-state index in [1.54, 1.807) is 29.3 Å². The molecule has 2 atom stereocenters. The number of aryl methyl sites for hydroxylation is 1. The fourth-order valence-corrected chi connectivity index (χ4v) is 3.40. The Labute approximate surface area is 158 Å². The molecule has 1 aliphatic heterocycles. The lowest BCUT2D eigenvalue weighted by molar-refractivity contribution is -0.122. The fourth-order valence-electron chi connectivity index (χ4n) is 3.40. The van der Waals surface area contributed by atoms with Crippen LogP contribution in [-0.4, -0.2) is 45.5 Å². The maximum Gasteiger partial charge on any atom is 0.256 e. The van der Waals surface area contributed by atoms with Gasteiger partial charge in [0.1, 0.15) is 0 Å². The summed E-state index contributed by atoms with van der Waals surface area (Å²) < 4.78 is 0. The fraction of sp³-hybridized carbons (Fsp3) is 0.421. The van der Waals surface area contributed by atoms with E-state index in [9.17, 15) is 9.59 Å². The van der Waals surface area contributed by atoms with Crippen molar-refractivity contribution in [3.05, 3.63) is 41.7 Å². The van der Waals surface area contributed by atoms with E-state index in [4.69, 9.17) is 11.5 Å². The van der Waals surface area contributed by atoms with Crippen LogP contribution in [-0.2, 0) is 11.2 Å². The number of likely N-dealkylation sites (tertiary alicyclic amines) is 1. The quantitative estimate of drug-likeness (QED) is 0.590. The van der Waals surface area contributed by atoms with Crippen molar-refractivity contribution in [2.24, 2.45) is 0 Å². The molecule has 2 aromatic rings. The molecule has 1 aromatic carbocycles. The first-order valence-electron chi connectivity index (χ1n) is 9.18. The van der Waals surface area contributed by atoms with Crippen LogP contribution in [0.15, 0.2) is 30.5 Å². The number of para-hydroxylation sites is 1. The molecule has 0 radical (unpaired) electrons. The van der Waals surface area contributed by atoms with Crippen LogP contribution in [0.25, 0.3) is 0 Å². The summed E-state index contributed by atoms with van der Waals surface area (Å²) in [4.78, 5) is 27.0. The number of nitrogens with zero attached hydrogens (tertiary/aromatic N) is 2. The van der Waals surface area contributed by atoms with Crippen molar-refractivity contribution < 1.29 is 9.59 Å². The minimum Gasteiger partial charge on any atom is -0.397 e. The highest BCUT2D eigenvalue weighted by molar-refractivity contribution is 6.01. The van der Waals surface area contributed by atoms with Gasteiger partial charge in [-0.05, 0) is 44.4 Å². The zero-order chi connectivity index (χ0) is 19.4. The summed E-state index contributed by atoms with van der Waals surface area (Å²) in [6, 6.07) is 6.95. The van der Waals surface area contributed by atoms with E-state index in [0.29, 0.717) is 36.3 Å². The first-order chi connectivity index (χ1) is 13.0. The Hall–Kier alpha value is -3.03. The van der Waals surface area contributed by atoms with Crippen LogP contribution in [0.2, 0.25) is 0 Å². The van der Waals surface area contributed by atoms with Crippen LogP contribution in [0.1, 0.15) is 42.2 Å². The first-order valence-corrected chi connectivity index (χ1v) is 9.18. The summed E-state index contributed by atoms with van der Waals surface area (Å²) in [7, 11) is 0. The topological polar surface area (TPSA) is 130 Å². The number of carbonyl (C=O) groups excluding carboxylic acids is 2. The Kier molecular flexibility index (Phi) is 5.63. The molecule has 1 saturated heterocycles. The molecule has 8 nitrogen and oxygen atoms in total. The molecule has 0 bridgehead atoms. The second-order valence-corrected chi connectivity index (χ2v) is 7.04. The van der Waals surface area contributed by atoms with Crippen molar-refractivity contribution in [2.45, 2.75) is 44.7 Å². The highest BCUT2D eigenvalue weighted by Crippen LogP contribution is 2.25. The summed E-state index contributed by atoms with van der Waals surface area (Å²) >= 11 is 0. The summed E-state index contributed by atoms with van der Waals surface area (Å²) in [6.45, 7) is 2.47. The van der Waals surface area contributed by atoms with Crippen LogP contribution in [0.4, 0.5) is 11.4 Å². The van der Waals surface area contributed by atoms with Gasteiger partial charge in [0.2, 0.25) is 5.91 Å². The van der Waals surface area contributed by atoms with E-state index in [1.807, 2.05) is 13.0 Å². The third-order valence-electron chi connectivity index (χ3n) is 5.06. The molecule has 0 saturated carbocycles. The van der Waals surface area contributed by atoms with Crippen LogP contribution in [0.5, 0.6) is 0 Å². The van der Waals surface area contributed by atoms with Gasteiger partial charge in [-0.1, -0.05) is 6.07 Å². The number of piperidine rings is 1. The normalized spacial score (nSPS) is 19.7. The highest BCUT2D eigenvalue weighted by Gasteiger charge is 2.31. The predicted molar refractivity (Wildman–Crippen MR) is 104 cm³/mol. The standard InChI is InChI=1S/C19H26N6O2/c1-12-5-6-14(23-17(26)8-7-13-9-10-22-24-13)11-25(12)19(27)15-3-2-4-16(20)18(15)21/h2-4,9-10,12,14H,5-8,11,20-21H2,1H3,(H,22,24)(H,23,26). The molecule has 6 N–H and O–H groups in total. The van der Waals surface area contributed by atoms with E-state index < -0.39 is 0 Å². The third kappa shape index (κ3) is 4.39. The van der Waals surface area contributed by atoms with Gasteiger partial charge in [0, 0.05) is 36.9 Å². The lowest BCUT2D eigenvalue weighted by Gasteiger charge is -2.38. The lowest BCUT2D eigenvalue weighted by Crippen LogP contribution is -2.53. The zero-order valence-corrected chi connectivity index (χ0v) is 15.4. The average Bonchev–Trinajstić information content (AvgIpc) is 3.17. The van der Waals surface area contributed by atoms with Gasteiger partial charge in [-0.15, -0.1) is 0 Å². The Morgan fingerprint density at radius 2 is 2.11 bits per heavy atom. The molecule has 0 aliphatic carbocycles. The van der Waals surface area contributed by atoms with Crippen molar-refractivity contribution in [1.82, 2.24) is 20.4 Å².